The van der Waals surface area contributed by atoms with Crippen molar-refractivity contribution in [1.29, 1.82) is 0 Å². The molecular weight excluding hydrogens is 142 g/mol. The molecule has 0 radical (unpaired) electrons. The Balaban J connectivity index is 2.28. The Labute approximate surface area is 68.8 Å². The maximum Gasteiger partial charge on any atom is 0.0168 e. The Morgan fingerprint density at radius 3 is 2.30 bits per heavy atom. The molecule has 2 unspecified atom stereocenters. The lowest BCUT2D eigenvalue weighted by Crippen LogP contribution is -2.31. The average molecular weight is 159 g/mol. The van der Waals surface area contributed by atoms with E-state index >= 15 is 0 Å². The Kier molecular flexibility index (Phi) is 3.57. The second-order valence-corrected chi connectivity index (χ2v) is 3.89. The van der Waals surface area contributed by atoms with Crippen LogP contribution in [0.1, 0.15) is 38.5 Å². The molecule has 10 heavy (non-hydrogen) atoms. The van der Waals surface area contributed by atoms with Crippen molar-refractivity contribution in [3.63, 3.8) is 0 Å². The number of hydrogen-bond acceptors (Lipinski definition) is 2. The quantitative estimate of drug-likeness (QED) is 0.519. The molecule has 1 saturated carbocycles. The van der Waals surface area contributed by atoms with Crippen LogP contribution < -0.4 is 5.73 Å². The summed E-state index contributed by atoms with van der Waals surface area (Å²) in [5, 5.41) is 0.459. The zero-order valence-electron chi connectivity index (χ0n) is 6.42. The lowest BCUT2D eigenvalue weighted by atomic mass is 9.97. The topological polar surface area (TPSA) is 26.0 Å². The van der Waals surface area contributed by atoms with E-state index < -0.39 is 0 Å². The van der Waals surface area contributed by atoms with Gasteiger partial charge in [-0.2, -0.15) is 12.6 Å². The molecule has 0 aromatic carbocycles. The number of rotatable bonds is 0. The van der Waals surface area contributed by atoms with Gasteiger partial charge in [0.1, 0.15) is 0 Å². The number of thiol groups is 1. The Morgan fingerprint density at radius 2 is 1.60 bits per heavy atom. The third-order valence-electron chi connectivity index (χ3n) is 2.28. The van der Waals surface area contributed by atoms with E-state index in [-0.39, 0.29) is 0 Å². The van der Waals surface area contributed by atoms with Gasteiger partial charge in [-0.05, 0) is 12.8 Å². The summed E-state index contributed by atoms with van der Waals surface area (Å²) in [7, 11) is 0. The molecule has 1 aliphatic carbocycles. The van der Waals surface area contributed by atoms with Crippen LogP contribution in [0, 0.1) is 0 Å². The van der Waals surface area contributed by atoms with E-state index in [4.69, 9.17) is 5.73 Å². The van der Waals surface area contributed by atoms with Crippen LogP contribution in [0.3, 0.4) is 0 Å². The minimum atomic E-state index is 0.351. The normalized spacial score (nSPS) is 36.6. The predicted octanol–water partition coefficient (Wildman–Crippen LogP) is 1.97. The highest BCUT2D eigenvalue weighted by Crippen LogP contribution is 2.19. The number of hydrogen-bond donors (Lipinski definition) is 2. The molecule has 0 aromatic heterocycles. The molecule has 0 amide bonds. The molecule has 1 fully saturated rings. The summed E-state index contributed by atoms with van der Waals surface area (Å²) in [6.45, 7) is 0. The molecule has 2 N–H and O–H groups in total. The van der Waals surface area contributed by atoms with Crippen molar-refractivity contribution in [1.82, 2.24) is 0 Å². The molecule has 0 spiro atoms. The standard InChI is InChI=1S/C8H17NS/c9-7-5-3-1-2-4-6-8(7)10/h7-8,10H,1-6,9H2. The lowest BCUT2D eigenvalue weighted by Gasteiger charge is -2.21. The van der Waals surface area contributed by atoms with Crippen LogP contribution in [0.15, 0.2) is 0 Å². The summed E-state index contributed by atoms with van der Waals surface area (Å²) in [6.07, 6.45) is 7.76. The van der Waals surface area contributed by atoms with Gasteiger partial charge in [-0.3, -0.25) is 0 Å². The highest BCUT2D eigenvalue weighted by Gasteiger charge is 2.14. The van der Waals surface area contributed by atoms with E-state index in [1.54, 1.807) is 0 Å². The lowest BCUT2D eigenvalue weighted by molar-refractivity contribution is 0.465. The van der Waals surface area contributed by atoms with E-state index in [1.165, 1.54) is 38.5 Å². The van der Waals surface area contributed by atoms with Crippen LogP contribution in [0.4, 0.5) is 0 Å². The maximum atomic E-state index is 5.87. The van der Waals surface area contributed by atoms with E-state index in [9.17, 15) is 0 Å². The van der Waals surface area contributed by atoms with Crippen LogP contribution in [0.5, 0.6) is 0 Å². The number of nitrogens with two attached hydrogens (primary N) is 1. The van der Waals surface area contributed by atoms with Gasteiger partial charge in [-0.25, -0.2) is 0 Å². The predicted molar refractivity (Wildman–Crippen MR) is 48.5 cm³/mol. The van der Waals surface area contributed by atoms with Crippen molar-refractivity contribution in [2.24, 2.45) is 5.73 Å². The van der Waals surface area contributed by atoms with E-state index in [1.807, 2.05) is 0 Å². The molecule has 0 saturated heterocycles. The van der Waals surface area contributed by atoms with Crippen molar-refractivity contribution < 1.29 is 0 Å². The minimum absolute atomic E-state index is 0.351. The van der Waals surface area contributed by atoms with Crippen LogP contribution in [0.25, 0.3) is 0 Å². The largest absolute Gasteiger partial charge is 0.327 e. The van der Waals surface area contributed by atoms with Crippen molar-refractivity contribution >= 4 is 12.6 Å². The van der Waals surface area contributed by atoms with Crippen molar-refractivity contribution in [3.05, 3.63) is 0 Å². The summed E-state index contributed by atoms with van der Waals surface area (Å²) in [5.41, 5.74) is 5.87. The van der Waals surface area contributed by atoms with Gasteiger partial charge in [0, 0.05) is 11.3 Å². The first kappa shape index (κ1) is 8.41. The third-order valence-corrected chi connectivity index (χ3v) is 2.92. The zero-order valence-corrected chi connectivity index (χ0v) is 7.32. The first-order valence-electron chi connectivity index (χ1n) is 4.24. The van der Waals surface area contributed by atoms with Gasteiger partial charge in [-0.15, -0.1) is 0 Å². The summed E-state index contributed by atoms with van der Waals surface area (Å²) < 4.78 is 0. The highest BCUT2D eigenvalue weighted by atomic mass is 32.1. The van der Waals surface area contributed by atoms with Gasteiger partial charge in [0.2, 0.25) is 0 Å². The van der Waals surface area contributed by atoms with Gasteiger partial charge in [0.05, 0.1) is 0 Å². The van der Waals surface area contributed by atoms with Crippen molar-refractivity contribution in [2.45, 2.75) is 49.8 Å². The van der Waals surface area contributed by atoms with Crippen LogP contribution in [-0.2, 0) is 0 Å². The van der Waals surface area contributed by atoms with E-state index in [0.29, 0.717) is 11.3 Å². The zero-order chi connectivity index (χ0) is 7.40. The van der Waals surface area contributed by atoms with Crippen molar-refractivity contribution in [3.8, 4) is 0 Å². The molecule has 0 bridgehead atoms. The van der Waals surface area contributed by atoms with E-state index in [0.717, 1.165) is 0 Å². The molecule has 2 atom stereocenters. The maximum absolute atomic E-state index is 5.87. The first-order chi connectivity index (χ1) is 4.80. The fourth-order valence-electron chi connectivity index (χ4n) is 1.49. The highest BCUT2D eigenvalue weighted by molar-refractivity contribution is 7.81. The molecule has 0 heterocycles. The van der Waals surface area contributed by atoms with Gasteiger partial charge < -0.3 is 5.73 Å². The van der Waals surface area contributed by atoms with E-state index in [2.05, 4.69) is 12.6 Å². The Hall–Kier alpha value is 0.310. The second-order valence-electron chi connectivity index (χ2n) is 3.22. The molecule has 1 nitrogen and oxygen atoms in total. The average Bonchev–Trinajstić information content (AvgIpc) is 1.92. The van der Waals surface area contributed by atoms with Crippen molar-refractivity contribution in [2.75, 3.05) is 0 Å². The summed E-state index contributed by atoms with van der Waals surface area (Å²) in [6, 6.07) is 0.351. The Morgan fingerprint density at radius 1 is 1.00 bits per heavy atom. The molecule has 0 aromatic rings. The smallest absolute Gasteiger partial charge is 0.0168 e. The summed E-state index contributed by atoms with van der Waals surface area (Å²) >= 11 is 4.45. The van der Waals surface area contributed by atoms with Crippen LogP contribution >= 0.6 is 12.6 Å². The van der Waals surface area contributed by atoms with Crippen LogP contribution in [0.2, 0.25) is 0 Å². The molecule has 60 valence electrons. The minimum Gasteiger partial charge on any atom is -0.327 e. The summed E-state index contributed by atoms with van der Waals surface area (Å²) in [4.78, 5) is 0. The van der Waals surface area contributed by atoms with Gasteiger partial charge in [0.15, 0.2) is 0 Å². The van der Waals surface area contributed by atoms with Gasteiger partial charge in [0.25, 0.3) is 0 Å². The van der Waals surface area contributed by atoms with Gasteiger partial charge in [-0.1, -0.05) is 25.7 Å². The van der Waals surface area contributed by atoms with Crippen LogP contribution in [-0.4, -0.2) is 11.3 Å². The third kappa shape index (κ3) is 2.51. The fraction of sp³-hybridized carbons (Fsp3) is 1.00. The molecule has 2 heteroatoms. The summed E-state index contributed by atoms with van der Waals surface area (Å²) in [5.74, 6) is 0. The Bertz CT molecular complexity index is 83.3. The monoisotopic (exact) mass is 159 g/mol. The van der Waals surface area contributed by atoms with Gasteiger partial charge >= 0.3 is 0 Å². The first-order valence-corrected chi connectivity index (χ1v) is 4.76. The second kappa shape index (κ2) is 4.24. The molecular formula is C8H17NS. The SMILES string of the molecule is NC1CCCCCCC1S. The molecule has 1 rings (SSSR count). The fourth-order valence-corrected chi connectivity index (χ4v) is 1.83. The molecule has 1 aliphatic rings. The molecule has 0 aliphatic heterocycles.